The van der Waals surface area contributed by atoms with Crippen LogP contribution in [0.25, 0.3) is 0 Å². The molecule has 0 spiro atoms. The lowest BCUT2D eigenvalue weighted by Crippen LogP contribution is -2.56. The highest BCUT2D eigenvalue weighted by molar-refractivity contribution is 5.95. The number of phenols is 1. The highest BCUT2D eigenvalue weighted by atomic mass is 16.3. The number of amides is 2. The first-order valence-electron chi connectivity index (χ1n) is 9.68. The first-order valence-corrected chi connectivity index (χ1v) is 9.68. The molecule has 6 nitrogen and oxygen atoms in total. The van der Waals surface area contributed by atoms with Crippen LogP contribution in [0.15, 0.2) is 24.3 Å². The Labute approximate surface area is 154 Å². The van der Waals surface area contributed by atoms with Gasteiger partial charge in [-0.3, -0.25) is 9.59 Å². The zero-order chi connectivity index (χ0) is 18.1. The third-order valence-corrected chi connectivity index (χ3v) is 6.41. The van der Waals surface area contributed by atoms with Crippen molar-refractivity contribution in [3.8, 4) is 5.75 Å². The van der Waals surface area contributed by atoms with E-state index in [0.717, 1.165) is 32.4 Å². The van der Waals surface area contributed by atoms with Gasteiger partial charge in [-0.05, 0) is 43.5 Å². The molecule has 2 saturated heterocycles. The van der Waals surface area contributed by atoms with Crippen molar-refractivity contribution in [3.05, 3.63) is 29.8 Å². The number of nitrogens with one attached hydrogen (secondary N) is 1. The predicted molar refractivity (Wildman–Crippen MR) is 97.9 cm³/mol. The number of nitrogens with zero attached hydrogens (tertiary/aromatic N) is 2. The van der Waals surface area contributed by atoms with Crippen LogP contribution in [-0.2, 0) is 4.79 Å². The zero-order valence-corrected chi connectivity index (χ0v) is 15.1. The Hall–Kier alpha value is -2.08. The van der Waals surface area contributed by atoms with Gasteiger partial charge in [0.2, 0.25) is 5.91 Å². The molecule has 2 N–H and O–H groups in total. The third-order valence-electron chi connectivity index (χ3n) is 6.41. The molecule has 26 heavy (non-hydrogen) atoms. The van der Waals surface area contributed by atoms with E-state index in [1.807, 2.05) is 4.90 Å². The Morgan fingerprint density at radius 3 is 2.65 bits per heavy atom. The number of carbonyl (C=O) groups excluding carboxylic acids is 2. The topological polar surface area (TPSA) is 72.9 Å². The molecule has 3 fully saturated rings. The molecular formula is C20H27N3O3. The molecule has 0 radical (unpaired) electrons. The van der Waals surface area contributed by atoms with Crippen molar-refractivity contribution >= 4 is 11.8 Å². The van der Waals surface area contributed by atoms with Gasteiger partial charge in [0.15, 0.2) is 0 Å². The van der Waals surface area contributed by atoms with Crippen molar-refractivity contribution in [1.82, 2.24) is 15.1 Å². The summed E-state index contributed by atoms with van der Waals surface area (Å²) >= 11 is 0. The summed E-state index contributed by atoms with van der Waals surface area (Å²) in [6.07, 6.45) is 4.51. The molecule has 0 bridgehead atoms. The van der Waals surface area contributed by atoms with Crippen molar-refractivity contribution in [3.63, 3.8) is 0 Å². The van der Waals surface area contributed by atoms with Crippen LogP contribution in [0.4, 0.5) is 0 Å². The highest BCUT2D eigenvalue weighted by Gasteiger charge is 2.51. The molecule has 2 heterocycles. The Bertz CT molecular complexity index is 699. The number of fused-ring (bicyclic) bond motifs is 1. The molecule has 3 aliphatic rings. The van der Waals surface area contributed by atoms with E-state index in [0.29, 0.717) is 37.7 Å². The highest BCUT2D eigenvalue weighted by Crippen LogP contribution is 2.45. The number of hydrogen-bond acceptors (Lipinski definition) is 4. The van der Waals surface area contributed by atoms with Crippen LogP contribution in [0.2, 0.25) is 0 Å². The lowest BCUT2D eigenvalue weighted by atomic mass is 9.67. The van der Waals surface area contributed by atoms with E-state index in [1.165, 1.54) is 12.5 Å². The van der Waals surface area contributed by atoms with E-state index in [-0.39, 0.29) is 23.0 Å². The molecule has 1 saturated carbocycles. The van der Waals surface area contributed by atoms with Crippen molar-refractivity contribution in [2.24, 2.45) is 11.3 Å². The molecule has 1 aromatic carbocycles. The third kappa shape index (κ3) is 2.96. The van der Waals surface area contributed by atoms with E-state index < -0.39 is 0 Å². The zero-order valence-electron chi connectivity index (χ0n) is 15.1. The largest absolute Gasteiger partial charge is 0.508 e. The van der Waals surface area contributed by atoms with Crippen molar-refractivity contribution < 1.29 is 14.7 Å². The summed E-state index contributed by atoms with van der Waals surface area (Å²) in [7, 11) is 0. The second-order valence-corrected chi connectivity index (χ2v) is 7.86. The van der Waals surface area contributed by atoms with Gasteiger partial charge in [-0.2, -0.15) is 0 Å². The van der Waals surface area contributed by atoms with Gasteiger partial charge in [0.1, 0.15) is 5.75 Å². The lowest BCUT2D eigenvalue weighted by Gasteiger charge is -2.43. The van der Waals surface area contributed by atoms with Crippen molar-refractivity contribution in [1.29, 1.82) is 0 Å². The fourth-order valence-electron chi connectivity index (χ4n) is 4.92. The fourth-order valence-corrected chi connectivity index (χ4v) is 4.92. The Morgan fingerprint density at radius 2 is 1.88 bits per heavy atom. The van der Waals surface area contributed by atoms with Gasteiger partial charge in [-0.15, -0.1) is 0 Å². The number of phenolic OH excluding ortho intramolecular Hbond substituents is 1. The first-order chi connectivity index (χ1) is 12.6. The second-order valence-electron chi connectivity index (χ2n) is 7.86. The molecule has 6 heteroatoms. The minimum Gasteiger partial charge on any atom is -0.508 e. The summed E-state index contributed by atoms with van der Waals surface area (Å²) in [5.41, 5.74) is 0.283. The SMILES string of the molecule is O=C(c1cccc(O)c1)N1CCN(C(=O)[C@@]23CCCC[C@H]2CNC3)CC1. The maximum Gasteiger partial charge on any atom is 0.254 e. The average Bonchev–Trinajstić information content (AvgIpc) is 3.12. The number of carbonyl (C=O) groups is 2. The summed E-state index contributed by atoms with van der Waals surface area (Å²) in [6, 6.07) is 6.45. The van der Waals surface area contributed by atoms with Crippen LogP contribution in [0.5, 0.6) is 5.75 Å². The lowest BCUT2D eigenvalue weighted by molar-refractivity contribution is -0.146. The Morgan fingerprint density at radius 1 is 1.12 bits per heavy atom. The maximum absolute atomic E-state index is 13.3. The maximum atomic E-state index is 13.3. The smallest absolute Gasteiger partial charge is 0.254 e. The van der Waals surface area contributed by atoms with Gasteiger partial charge in [0.25, 0.3) is 5.91 Å². The number of rotatable bonds is 2. The van der Waals surface area contributed by atoms with Crippen LogP contribution in [0.3, 0.4) is 0 Å². The molecule has 2 aliphatic heterocycles. The van der Waals surface area contributed by atoms with Crippen molar-refractivity contribution in [2.75, 3.05) is 39.3 Å². The number of piperazine rings is 1. The molecule has 1 aliphatic carbocycles. The molecule has 4 rings (SSSR count). The normalized spacial score (nSPS) is 28.7. The van der Waals surface area contributed by atoms with Gasteiger partial charge < -0.3 is 20.2 Å². The summed E-state index contributed by atoms with van der Waals surface area (Å²) in [4.78, 5) is 29.7. The fraction of sp³-hybridized carbons (Fsp3) is 0.600. The standard InChI is InChI=1S/C20H27N3O3/c24-17-6-3-4-15(12-17)18(25)22-8-10-23(11-9-22)19(26)20-7-2-1-5-16(20)13-21-14-20/h3-4,6,12,16,21,24H,1-2,5,7-11,13-14H2/t16-,20+/m0/s1. The second kappa shape index (κ2) is 6.91. The summed E-state index contributed by atoms with van der Waals surface area (Å²) in [6.45, 7) is 4.05. The molecule has 2 atom stereocenters. The molecule has 2 amide bonds. The van der Waals surface area contributed by atoms with Crippen molar-refractivity contribution in [2.45, 2.75) is 25.7 Å². The van der Waals surface area contributed by atoms with E-state index >= 15 is 0 Å². The van der Waals surface area contributed by atoms with Crippen LogP contribution < -0.4 is 5.32 Å². The van der Waals surface area contributed by atoms with E-state index in [1.54, 1.807) is 23.1 Å². The molecule has 140 valence electrons. The van der Waals surface area contributed by atoms with Crippen LogP contribution in [-0.4, -0.2) is 66.0 Å². The van der Waals surface area contributed by atoms with Crippen LogP contribution >= 0.6 is 0 Å². The van der Waals surface area contributed by atoms with Gasteiger partial charge in [0, 0.05) is 38.3 Å². The molecule has 0 aromatic heterocycles. The van der Waals surface area contributed by atoms with Gasteiger partial charge in [0.05, 0.1) is 5.41 Å². The van der Waals surface area contributed by atoms with Gasteiger partial charge in [-0.1, -0.05) is 18.9 Å². The number of hydrogen-bond donors (Lipinski definition) is 2. The minimum absolute atomic E-state index is 0.0794. The summed E-state index contributed by atoms with van der Waals surface area (Å²) in [5, 5.41) is 13.0. The minimum atomic E-state index is -0.213. The Kier molecular flexibility index (Phi) is 4.61. The quantitative estimate of drug-likeness (QED) is 0.840. The average molecular weight is 357 g/mol. The number of benzene rings is 1. The monoisotopic (exact) mass is 357 g/mol. The first kappa shape index (κ1) is 17.3. The van der Waals surface area contributed by atoms with Gasteiger partial charge >= 0.3 is 0 Å². The molecule has 0 unspecified atom stereocenters. The summed E-state index contributed by atoms with van der Waals surface area (Å²) in [5.74, 6) is 0.775. The summed E-state index contributed by atoms with van der Waals surface area (Å²) < 4.78 is 0. The van der Waals surface area contributed by atoms with Crippen LogP contribution in [0.1, 0.15) is 36.0 Å². The predicted octanol–water partition coefficient (Wildman–Crippen LogP) is 1.46. The number of aromatic hydroxyl groups is 1. The molecular weight excluding hydrogens is 330 g/mol. The van der Waals surface area contributed by atoms with E-state index in [2.05, 4.69) is 5.32 Å². The molecule has 1 aromatic rings. The van der Waals surface area contributed by atoms with E-state index in [9.17, 15) is 14.7 Å². The van der Waals surface area contributed by atoms with Crippen LogP contribution in [0, 0.1) is 11.3 Å². The Balaban J connectivity index is 1.40. The van der Waals surface area contributed by atoms with E-state index in [4.69, 9.17) is 0 Å². The van der Waals surface area contributed by atoms with Gasteiger partial charge in [-0.25, -0.2) is 0 Å².